The second-order valence-corrected chi connectivity index (χ2v) is 11.4. The summed E-state index contributed by atoms with van der Waals surface area (Å²) in [6, 6.07) is 11.2. The van der Waals surface area contributed by atoms with Gasteiger partial charge in [0.2, 0.25) is 0 Å². The lowest BCUT2D eigenvalue weighted by Crippen LogP contribution is -2.82. The second-order valence-electron chi connectivity index (χ2n) is 9.10. The van der Waals surface area contributed by atoms with E-state index in [1.165, 1.54) is 7.11 Å². The van der Waals surface area contributed by atoms with Crippen molar-refractivity contribution in [2.75, 3.05) is 37.0 Å². The number of benzene rings is 1. The number of aromatic nitrogens is 1. The average molecular weight is 458 g/mol. The third kappa shape index (κ3) is 3.73. The van der Waals surface area contributed by atoms with Crippen LogP contribution in [0.1, 0.15) is 35.2 Å². The molecule has 0 spiro atoms. The zero-order valence-electron chi connectivity index (χ0n) is 18.0. The van der Waals surface area contributed by atoms with Gasteiger partial charge in [0, 0.05) is 30.4 Å². The Morgan fingerprint density at radius 1 is 1.12 bits per heavy atom. The second kappa shape index (κ2) is 7.74. The SMILES string of the molecule is COc1ccnc(NC23CC(N4CCS(=O)(=O)CC4)(C2)C3)c1C(=O)OCc1ccccc1. The number of nitrogens with one attached hydrogen (secondary N) is 1. The molecule has 0 atom stereocenters. The van der Waals surface area contributed by atoms with Crippen LogP contribution in [-0.2, 0) is 21.2 Å². The number of carbonyl (C=O) groups excluding carboxylic acids is 1. The number of nitrogens with zero attached hydrogens (tertiary/aromatic N) is 2. The van der Waals surface area contributed by atoms with Crippen LogP contribution in [0.25, 0.3) is 0 Å². The fraction of sp³-hybridized carbons (Fsp3) is 0.478. The Bertz CT molecular complexity index is 1100. The molecule has 2 heterocycles. The van der Waals surface area contributed by atoms with Crippen LogP contribution in [0.3, 0.4) is 0 Å². The Morgan fingerprint density at radius 2 is 1.81 bits per heavy atom. The molecule has 4 aliphatic rings. The van der Waals surface area contributed by atoms with Crippen molar-refractivity contribution in [3.8, 4) is 5.75 Å². The first-order chi connectivity index (χ1) is 15.3. The molecule has 1 N–H and O–H groups in total. The van der Waals surface area contributed by atoms with Gasteiger partial charge in [0.15, 0.2) is 9.84 Å². The Kier molecular flexibility index (Phi) is 5.13. The third-order valence-corrected chi connectivity index (χ3v) is 8.56. The summed E-state index contributed by atoms with van der Waals surface area (Å²) in [5, 5.41) is 3.49. The maximum Gasteiger partial charge on any atom is 0.346 e. The molecule has 1 aliphatic heterocycles. The van der Waals surface area contributed by atoms with Crippen LogP contribution >= 0.6 is 0 Å². The molecule has 0 radical (unpaired) electrons. The highest BCUT2D eigenvalue weighted by Crippen LogP contribution is 2.65. The summed E-state index contributed by atoms with van der Waals surface area (Å²) in [5.41, 5.74) is 1.16. The van der Waals surface area contributed by atoms with Crippen LogP contribution in [0.4, 0.5) is 5.82 Å². The number of rotatable bonds is 7. The topological polar surface area (TPSA) is 97.8 Å². The maximum atomic E-state index is 12.9. The van der Waals surface area contributed by atoms with Crippen molar-refractivity contribution >= 4 is 21.6 Å². The molecular formula is C23H27N3O5S. The van der Waals surface area contributed by atoms with Gasteiger partial charge in [-0.25, -0.2) is 18.2 Å². The minimum atomic E-state index is -2.89. The summed E-state index contributed by atoms with van der Waals surface area (Å²) in [6.45, 7) is 1.38. The molecule has 9 heteroatoms. The van der Waals surface area contributed by atoms with E-state index in [0.717, 1.165) is 24.8 Å². The standard InChI is InChI=1S/C23H27N3O5S/c1-30-18-7-8-24-20(19(18)21(27)31-13-17-5-3-2-4-6-17)25-22-14-23(15-22,16-22)26-9-11-32(28,29)12-10-26/h2-8H,9-16H2,1H3,(H,24,25). The van der Waals surface area contributed by atoms with E-state index in [4.69, 9.17) is 9.47 Å². The molecule has 2 aromatic rings. The van der Waals surface area contributed by atoms with E-state index in [2.05, 4.69) is 15.2 Å². The fourth-order valence-electron chi connectivity index (χ4n) is 5.34. The lowest BCUT2D eigenvalue weighted by atomic mass is 9.43. The molecule has 1 aromatic heterocycles. The van der Waals surface area contributed by atoms with Crippen LogP contribution in [0.15, 0.2) is 42.6 Å². The number of ether oxygens (including phenoxy) is 2. The smallest absolute Gasteiger partial charge is 0.346 e. The van der Waals surface area contributed by atoms with Gasteiger partial charge in [-0.1, -0.05) is 30.3 Å². The Morgan fingerprint density at radius 3 is 2.47 bits per heavy atom. The third-order valence-electron chi connectivity index (χ3n) is 6.95. The zero-order chi connectivity index (χ0) is 22.4. The summed E-state index contributed by atoms with van der Waals surface area (Å²) in [7, 11) is -1.37. The molecule has 1 aromatic carbocycles. The van der Waals surface area contributed by atoms with Crippen LogP contribution in [-0.4, -0.2) is 67.1 Å². The first-order valence-corrected chi connectivity index (χ1v) is 12.6. The van der Waals surface area contributed by atoms with Crippen molar-refractivity contribution in [3.05, 3.63) is 53.7 Å². The van der Waals surface area contributed by atoms with Crippen molar-refractivity contribution in [2.24, 2.45) is 0 Å². The van der Waals surface area contributed by atoms with E-state index in [-0.39, 0.29) is 29.2 Å². The molecule has 6 rings (SSSR count). The molecule has 8 nitrogen and oxygen atoms in total. The minimum absolute atomic E-state index is 0.0792. The highest BCUT2D eigenvalue weighted by molar-refractivity contribution is 7.91. The first-order valence-electron chi connectivity index (χ1n) is 10.8. The van der Waals surface area contributed by atoms with Gasteiger partial charge < -0.3 is 14.8 Å². The summed E-state index contributed by atoms with van der Waals surface area (Å²) >= 11 is 0. The summed E-state index contributed by atoms with van der Waals surface area (Å²) in [4.78, 5) is 19.7. The van der Waals surface area contributed by atoms with Crippen molar-refractivity contribution in [2.45, 2.75) is 36.9 Å². The molecule has 3 saturated carbocycles. The Labute approximate surface area is 187 Å². The van der Waals surface area contributed by atoms with E-state index in [0.29, 0.717) is 30.2 Å². The van der Waals surface area contributed by atoms with E-state index in [1.54, 1.807) is 12.3 Å². The fourth-order valence-corrected chi connectivity index (χ4v) is 6.54. The van der Waals surface area contributed by atoms with E-state index in [9.17, 15) is 13.2 Å². The molecule has 32 heavy (non-hydrogen) atoms. The van der Waals surface area contributed by atoms with E-state index in [1.807, 2.05) is 30.3 Å². The van der Waals surface area contributed by atoms with E-state index >= 15 is 0 Å². The van der Waals surface area contributed by atoms with Crippen LogP contribution in [0.2, 0.25) is 0 Å². The molecule has 0 amide bonds. The summed E-state index contributed by atoms with van der Waals surface area (Å²) in [6.07, 6.45) is 4.36. The number of hydrogen-bond acceptors (Lipinski definition) is 8. The minimum Gasteiger partial charge on any atom is -0.496 e. The van der Waals surface area contributed by atoms with Crippen molar-refractivity contribution in [3.63, 3.8) is 0 Å². The van der Waals surface area contributed by atoms with Crippen LogP contribution < -0.4 is 10.1 Å². The van der Waals surface area contributed by atoms with Gasteiger partial charge in [-0.05, 0) is 30.9 Å². The number of esters is 1. The largest absolute Gasteiger partial charge is 0.496 e. The van der Waals surface area contributed by atoms with Crippen molar-refractivity contribution in [1.29, 1.82) is 0 Å². The maximum absolute atomic E-state index is 12.9. The van der Waals surface area contributed by atoms with Gasteiger partial charge in [-0.3, -0.25) is 4.90 Å². The zero-order valence-corrected chi connectivity index (χ0v) is 18.9. The molecule has 1 saturated heterocycles. The predicted molar refractivity (Wildman–Crippen MR) is 120 cm³/mol. The van der Waals surface area contributed by atoms with Gasteiger partial charge in [0.1, 0.15) is 23.7 Å². The average Bonchev–Trinajstić information content (AvgIpc) is 2.74. The monoisotopic (exact) mass is 457 g/mol. The Hall–Kier alpha value is -2.65. The van der Waals surface area contributed by atoms with Gasteiger partial charge in [-0.2, -0.15) is 0 Å². The first kappa shape index (κ1) is 21.2. The lowest BCUT2D eigenvalue weighted by Gasteiger charge is -2.74. The summed E-state index contributed by atoms with van der Waals surface area (Å²) in [5.74, 6) is 0.887. The molecule has 4 fully saturated rings. The molecule has 3 aliphatic carbocycles. The quantitative estimate of drug-likeness (QED) is 0.633. The highest BCUT2D eigenvalue weighted by atomic mass is 32.2. The number of anilines is 1. The normalized spacial score (nSPS) is 28.2. The number of pyridine rings is 1. The number of hydrogen-bond donors (Lipinski definition) is 1. The summed E-state index contributed by atoms with van der Waals surface area (Å²) < 4.78 is 34.5. The number of methoxy groups -OCH3 is 1. The van der Waals surface area contributed by atoms with Gasteiger partial charge in [0.25, 0.3) is 0 Å². The van der Waals surface area contributed by atoms with Crippen LogP contribution in [0.5, 0.6) is 5.75 Å². The number of carbonyl (C=O) groups is 1. The lowest BCUT2D eigenvalue weighted by molar-refractivity contribution is -0.148. The van der Waals surface area contributed by atoms with Crippen LogP contribution in [0, 0.1) is 0 Å². The molecule has 170 valence electrons. The molecular weight excluding hydrogens is 430 g/mol. The molecule has 0 unspecified atom stereocenters. The van der Waals surface area contributed by atoms with Crippen molar-refractivity contribution in [1.82, 2.24) is 9.88 Å². The predicted octanol–water partition coefficient (Wildman–Crippen LogP) is 2.26. The number of sulfone groups is 1. The van der Waals surface area contributed by atoms with Gasteiger partial charge in [-0.15, -0.1) is 0 Å². The molecule has 2 bridgehead atoms. The Balaban J connectivity index is 1.27. The van der Waals surface area contributed by atoms with Gasteiger partial charge in [0.05, 0.1) is 18.6 Å². The van der Waals surface area contributed by atoms with Crippen molar-refractivity contribution < 1.29 is 22.7 Å². The highest BCUT2D eigenvalue weighted by Gasteiger charge is 2.70. The van der Waals surface area contributed by atoms with E-state index < -0.39 is 15.8 Å². The van der Waals surface area contributed by atoms with Gasteiger partial charge >= 0.3 is 5.97 Å².